The smallest absolute Gasteiger partial charge is 0.317 e. The van der Waals surface area contributed by atoms with Crippen molar-refractivity contribution >= 4 is 40.7 Å². The lowest BCUT2D eigenvalue weighted by molar-refractivity contribution is -0.142. The maximum absolute atomic E-state index is 13.6. The molecule has 15 heteroatoms. The number of amides is 3. The van der Waals surface area contributed by atoms with Crippen molar-refractivity contribution in [2.75, 3.05) is 59.3 Å². The molecule has 0 bridgehead atoms. The number of piperazine rings is 1. The Morgan fingerprint density at radius 3 is 2.37 bits per heavy atom. The van der Waals surface area contributed by atoms with E-state index in [1.165, 1.54) is 55.4 Å². The SMILES string of the molecule is CN1CCN(C(=O)Cn2cc(N(C)C(=O)C(=O)N(C)C)n3c(=O)c(O)c(-c4ncc(Cc5ccc(F)cc5)s4)nc23)CC1. The lowest BCUT2D eigenvalue weighted by Crippen LogP contribution is -2.48. The van der Waals surface area contributed by atoms with Gasteiger partial charge in [-0.05, 0) is 24.7 Å². The predicted molar refractivity (Wildman–Crippen MR) is 158 cm³/mol. The van der Waals surface area contributed by atoms with Crippen LogP contribution in [0.25, 0.3) is 16.5 Å². The molecule has 0 saturated carbocycles. The van der Waals surface area contributed by atoms with Gasteiger partial charge in [0.1, 0.15) is 23.2 Å². The average Bonchev–Trinajstić information content (AvgIpc) is 3.59. The Morgan fingerprint density at radius 1 is 1.05 bits per heavy atom. The van der Waals surface area contributed by atoms with E-state index in [0.717, 1.165) is 24.6 Å². The molecular weight excluding hydrogens is 579 g/mol. The molecule has 13 nitrogen and oxygen atoms in total. The lowest BCUT2D eigenvalue weighted by atomic mass is 10.1. The highest BCUT2D eigenvalue weighted by Crippen LogP contribution is 2.31. The summed E-state index contributed by atoms with van der Waals surface area (Å²) in [5, 5.41) is 11.3. The minimum Gasteiger partial charge on any atom is -0.501 e. The Balaban J connectivity index is 1.57. The van der Waals surface area contributed by atoms with E-state index in [1.807, 2.05) is 7.05 Å². The van der Waals surface area contributed by atoms with Gasteiger partial charge in [0.15, 0.2) is 5.69 Å². The minimum absolute atomic E-state index is 0.0116. The quantitative estimate of drug-likeness (QED) is 0.318. The van der Waals surface area contributed by atoms with Crippen molar-refractivity contribution < 1.29 is 23.9 Å². The molecule has 43 heavy (non-hydrogen) atoms. The first kappa shape index (κ1) is 29.8. The van der Waals surface area contributed by atoms with Crippen LogP contribution in [0.15, 0.2) is 41.5 Å². The Morgan fingerprint density at radius 2 is 1.72 bits per heavy atom. The first-order valence-electron chi connectivity index (χ1n) is 13.4. The van der Waals surface area contributed by atoms with Gasteiger partial charge >= 0.3 is 17.4 Å². The number of imidazole rings is 1. The van der Waals surface area contributed by atoms with Crippen LogP contribution in [0.2, 0.25) is 0 Å². The Kier molecular flexibility index (Phi) is 8.28. The molecular formula is C28H31FN8O5S. The number of hydrogen-bond donors (Lipinski definition) is 1. The second-order valence-corrected chi connectivity index (χ2v) is 11.7. The van der Waals surface area contributed by atoms with Gasteiger partial charge in [-0.25, -0.2) is 18.8 Å². The zero-order valence-corrected chi connectivity index (χ0v) is 25.0. The maximum atomic E-state index is 13.6. The molecule has 1 N–H and O–H groups in total. The summed E-state index contributed by atoms with van der Waals surface area (Å²) in [5.41, 5.74) is -0.130. The molecule has 0 aliphatic carbocycles. The molecule has 0 unspecified atom stereocenters. The summed E-state index contributed by atoms with van der Waals surface area (Å²) in [6.07, 6.45) is 3.43. The van der Waals surface area contributed by atoms with E-state index in [9.17, 15) is 28.7 Å². The monoisotopic (exact) mass is 610 g/mol. The standard InChI is InChI=1S/C28H31FN8O5S/c1-32(2)26(41)27(42)34(4)20-15-36(16-21(38)35-11-9-33(3)10-12-35)28-31-22(23(39)25(40)37(20)28)24-30-14-19(43-24)13-17-5-7-18(29)8-6-17/h5-8,14-15,39H,9-13,16H2,1-4H3. The van der Waals surface area contributed by atoms with E-state index in [4.69, 9.17) is 0 Å². The third-order valence-electron chi connectivity index (χ3n) is 7.25. The van der Waals surface area contributed by atoms with Gasteiger partial charge in [0.2, 0.25) is 17.4 Å². The molecule has 226 valence electrons. The Bertz CT molecular complexity index is 1760. The van der Waals surface area contributed by atoms with Crippen molar-refractivity contribution in [3.63, 3.8) is 0 Å². The van der Waals surface area contributed by atoms with Gasteiger partial charge in [-0.1, -0.05) is 12.1 Å². The molecule has 1 aliphatic heterocycles. The summed E-state index contributed by atoms with van der Waals surface area (Å²) < 4.78 is 15.8. The van der Waals surface area contributed by atoms with Crippen LogP contribution < -0.4 is 10.5 Å². The van der Waals surface area contributed by atoms with Crippen LogP contribution in [0, 0.1) is 5.82 Å². The van der Waals surface area contributed by atoms with E-state index >= 15 is 0 Å². The van der Waals surface area contributed by atoms with Gasteiger partial charge in [0.25, 0.3) is 0 Å². The van der Waals surface area contributed by atoms with Gasteiger partial charge < -0.3 is 24.4 Å². The molecule has 1 fully saturated rings. The van der Waals surface area contributed by atoms with E-state index < -0.39 is 23.1 Å². The molecule has 1 aromatic carbocycles. The van der Waals surface area contributed by atoms with Gasteiger partial charge in [0.05, 0.1) is 0 Å². The van der Waals surface area contributed by atoms with E-state index in [1.54, 1.807) is 23.2 Å². The third kappa shape index (κ3) is 5.99. The van der Waals surface area contributed by atoms with Crippen LogP contribution >= 0.6 is 11.3 Å². The third-order valence-corrected chi connectivity index (χ3v) is 8.25. The molecule has 4 heterocycles. The normalized spacial score (nSPS) is 13.8. The molecule has 3 amide bonds. The number of carbonyl (C=O) groups is 3. The van der Waals surface area contributed by atoms with Crippen LogP contribution in [-0.4, -0.2) is 111 Å². The summed E-state index contributed by atoms with van der Waals surface area (Å²) in [5.74, 6) is -3.06. The molecule has 1 aliphatic rings. The second-order valence-electron chi connectivity index (χ2n) is 10.5. The number of anilines is 1. The van der Waals surface area contributed by atoms with Crippen LogP contribution in [0.4, 0.5) is 10.2 Å². The zero-order chi connectivity index (χ0) is 31.0. The minimum atomic E-state index is -0.921. The van der Waals surface area contributed by atoms with Gasteiger partial charge in [0, 0.05) is 71.0 Å². The predicted octanol–water partition coefficient (Wildman–Crippen LogP) is 0.880. The summed E-state index contributed by atoms with van der Waals surface area (Å²) in [6, 6.07) is 6.05. The summed E-state index contributed by atoms with van der Waals surface area (Å²) in [4.78, 5) is 67.9. The highest BCUT2D eigenvalue weighted by molar-refractivity contribution is 7.15. The number of aromatic nitrogens is 4. The van der Waals surface area contributed by atoms with Crippen molar-refractivity contribution in [1.82, 2.24) is 33.6 Å². The maximum Gasteiger partial charge on any atom is 0.317 e. The number of rotatable bonds is 6. The molecule has 3 aromatic heterocycles. The Labute approximate surface area is 250 Å². The van der Waals surface area contributed by atoms with Crippen molar-refractivity contribution in [3.8, 4) is 16.5 Å². The van der Waals surface area contributed by atoms with E-state index in [0.29, 0.717) is 32.6 Å². The first-order chi connectivity index (χ1) is 20.4. The lowest BCUT2D eigenvalue weighted by Gasteiger charge is -2.32. The van der Waals surface area contributed by atoms with Gasteiger partial charge in [-0.2, -0.15) is 0 Å². The first-order valence-corrected chi connectivity index (χ1v) is 14.3. The number of carbonyl (C=O) groups excluding carboxylic acids is 3. The molecule has 4 aromatic rings. The van der Waals surface area contributed by atoms with Crippen LogP contribution in [0.5, 0.6) is 5.75 Å². The molecule has 0 radical (unpaired) electrons. The molecule has 0 spiro atoms. The van der Waals surface area contributed by atoms with Crippen molar-refractivity contribution in [2.24, 2.45) is 0 Å². The number of halogens is 1. The van der Waals surface area contributed by atoms with Gasteiger partial charge in [-0.15, -0.1) is 11.3 Å². The Hall–Kier alpha value is -4.63. The number of likely N-dealkylation sites (N-methyl/N-ethyl adjacent to an activating group) is 3. The largest absolute Gasteiger partial charge is 0.501 e. The van der Waals surface area contributed by atoms with Crippen molar-refractivity contribution in [2.45, 2.75) is 13.0 Å². The number of hydrogen-bond acceptors (Lipinski definition) is 9. The number of thiazole rings is 1. The fraction of sp³-hybridized carbons (Fsp3) is 0.357. The van der Waals surface area contributed by atoms with E-state index in [-0.39, 0.29) is 40.6 Å². The highest BCUT2D eigenvalue weighted by atomic mass is 32.1. The summed E-state index contributed by atoms with van der Waals surface area (Å²) in [6.45, 7) is 2.31. The van der Waals surface area contributed by atoms with Crippen LogP contribution in [0.1, 0.15) is 10.4 Å². The number of aromatic hydroxyl groups is 1. The highest BCUT2D eigenvalue weighted by Gasteiger charge is 2.29. The second kappa shape index (κ2) is 11.9. The van der Waals surface area contributed by atoms with Crippen molar-refractivity contribution in [1.29, 1.82) is 0 Å². The fourth-order valence-electron chi connectivity index (χ4n) is 4.70. The average molecular weight is 611 g/mol. The topological polar surface area (TPSA) is 137 Å². The molecule has 1 saturated heterocycles. The van der Waals surface area contributed by atoms with Crippen LogP contribution in [0.3, 0.4) is 0 Å². The van der Waals surface area contributed by atoms with Crippen molar-refractivity contribution in [3.05, 3.63) is 63.3 Å². The zero-order valence-electron chi connectivity index (χ0n) is 24.2. The summed E-state index contributed by atoms with van der Waals surface area (Å²) in [7, 11) is 6.15. The fourth-order valence-corrected chi connectivity index (χ4v) is 5.64. The van der Waals surface area contributed by atoms with Gasteiger partial charge in [-0.3, -0.25) is 24.1 Å². The molecule has 0 atom stereocenters. The van der Waals surface area contributed by atoms with E-state index in [2.05, 4.69) is 14.9 Å². The number of fused-ring (bicyclic) bond motifs is 1. The summed E-state index contributed by atoms with van der Waals surface area (Å²) >= 11 is 1.20. The number of nitrogens with zero attached hydrogens (tertiary/aromatic N) is 8. The molecule has 5 rings (SSSR count). The van der Waals surface area contributed by atoms with Crippen LogP contribution in [-0.2, 0) is 27.3 Å². The number of benzene rings is 1.